The Kier molecular flexibility index (Phi) is 6.97. The van der Waals surface area contributed by atoms with Crippen molar-refractivity contribution in [3.63, 3.8) is 0 Å². The van der Waals surface area contributed by atoms with Gasteiger partial charge in [0.25, 0.3) is 0 Å². The number of piperidine rings is 1. The monoisotopic (exact) mass is 296 g/mol. The molecule has 2 rings (SSSR count). The second-order valence-corrected chi connectivity index (χ2v) is 7.64. The summed E-state index contributed by atoms with van der Waals surface area (Å²) in [5.74, 6) is 2.38. The van der Waals surface area contributed by atoms with Crippen LogP contribution in [0.15, 0.2) is 0 Å². The van der Waals surface area contributed by atoms with Crippen molar-refractivity contribution in [3.8, 4) is 0 Å². The van der Waals surface area contributed by atoms with Crippen LogP contribution in [0.5, 0.6) is 0 Å². The van der Waals surface area contributed by atoms with Gasteiger partial charge in [-0.25, -0.2) is 0 Å². The SMILES string of the molecule is CCCOC1CCCN(CC2CC(C(C)C)CCC2N)C1. The summed E-state index contributed by atoms with van der Waals surface area (Å²) >= 11 is 0. The average Bonchev–Trinajstić information content (AvgIpc) is 2.47. The van der Waals surface area contributed by atoms with E-state index in [0.717, 1.165) is 31.4 Å². The van der Waals surface area contributed by atoms with Gasteiger partial charge >= 0.3 is 0 Å². The van der Waals surface area contributed by atoms with Gasteiger partial charge in [-0.2, -0.15) is 0 Å². The molecular formula is C18H36N2O. The molecule has 0 aromatic rings. The Morgan fingerprint density at radius 2 is 2.05 bits per heavy atom. The minimum Gasteiger partial charge on any atom is -0.377 e. The first-order valence-corrected chi connectivity index (χ1v) is 9.19. The molecule has 21 heavy (non-hydrogen) atoms. The molecule has 0 aromatic heterocycles. The van der Waals surface area contributed by atoms with Gasteiger partial charge < -0.3 is 15.4 Å². The second-order valence-electron chi connectivity index (χ2n) is 7.64. The molecule has 3 nitrogen and oxygen atoms in total. The maximum Gasteiger partial charge on any atom is 0.0702 e. The molecule has 4 atom stereocenters. The van der Waals surface area contributed by atoms with Crippen LogP contribution < -0.4 is 5.73 Å². The Labute approximate surface area is 131 Å². The first-order chi connectivity index (χ1) is 10.1. The molecule has 4 unspecified atom stereocenters. The molecule has 1 aliphatic heterocycles. The van der Waals surface area contributed by atoms with Gasteiger partial charge in [-0.05, 0) is 62.8 Å². The molecule has 1 saturated heterocycles. The largest absolute Gasteiger partial charge is 0.377 e. The zero-order valence-corrected chi connectivity index (χ0v) is 14.4. The number of hydrogen-bond donors (Lipinski definition) is 1. The molecule has 1 saturated carbocycles. The van der Waals surface area contributed by atoms with Gasteiger partial charge in [-0.3, -0.25) is 0 Å². The summed E-state index contributed by atoms with van der Waals surface area (Å²) in [5.41, 5.74) is 6.42. The fraction of sp³-hybridized carbons (Fsp3) is 1.00. The van der Waals surface area contributed by atoms with Crippen LogP contribution in [0, 0.1) is 17.8 Å². The molecule has 0 aromatic carbocycles. The highest BCUT2D eigenvalue weighted by atomic mass is 16.5. The van der Waals surface area contributed by atoms with Crippen molar-refractivity contribution in [1.29, 1.82) is 0 Å². The topological polar surface area (TPSA) is 38.5 Å². The Morgan fingerprint density at radius 1 is 1.24 bits per heavy atom. The van der Waals surface area contributed by atoms with Gasteiger partial charge in [-0.15, -0.1) is 0 Å². The average molecular weight is 296 g/mol. The molecule has 0 spiro atoms. The first kappa shape index (κ1) is 17.2. The van der Waals surface area contributed by atoms with E-state index in [2.05, 4.69) is 25.7 Å². The normalized spacial score (nSPS) is 35.3. The van der Waals surface area contributed by atoms with E-state index in [1.165, 1.54) is 45.2 Å². The Morgan fingerprint density at radius 3 is 2.76 bits per heavy atom. The Hall–Kier alpha value is -0.120. The van der Waals surface area contributed by atoms with Crippen molar-refractivity contribution in [2.75, 3.05) is 26.2 Å². The van der Waals surface area contributed by atoms with Crippen molar-refractivity contribution < 1.29 is 4.74 Å². The van der Waals surface area contributed by atoms with Gasteiger partial charge in [0.2, 0.25) is 0 Å². The zero-order valence-electron chi connectivity index (χ0n) is 14.4. The lowest BCUT2D eigenvalue weighted by Crippen LogP contribution is -2.47. The maximum absolute atomic E-state index is 6.42. The fourth-order valence-corrected chi connectivity index (χ4v) is 4.07. The van der Waals surface area contributed by atoms with Gasteiger partial charge in [0.15, 0.2) is 0 Å². The standard InChI is InChI=1S/C18H36N2O/c1-4-10-21-17-6-5-9-20(13-17)12-16-11-15(14(2)3)7-8-18(16)19/h14-18H,4-13,19H2,1-3H3. The van der Waals surface area contributed by atoms with Crippen molar-refractivity contribution in [1.82, 2.24) is 4.90 Å². The Bertz CT molecular complexity index is 295. The lowest BCUT2D eigenvalue weighted by molar-refractivity contribution is -0.00804. The van der Waals surface area contributed by atoms with Crippen LogP contribution in [-0.4, -0.2) is 43.3 Å². The van der Waals surface area contributed by atoms with E-state index in [4.69, 9.17) is 10.5 Å². The van der Waals surface area contributed by atoms with Crippen molar-refractivity contribution in [2.24, 2.45) is 23.5 Å². The van der Waals surface area contributed by atoms with E-state index in [1.807, 2.05) is 0 Å². The highest BCUT2D eigenvalue weighted by Crippen LogP contribution is 2.34. The van der Waals surface area contributed by atoms with E-state index in [0.29, 0.717) is 18.1 Å². The van der Waals surface area contributed by atoms with E-state index < -0.39 is 0 Å². The number of rotatable bonds is 6. The number of hydrogen-bond acceptors (Lipinski definition) is 3. The second kappa shape index (κ2) is 8.50. The lowest BCUT2D eigenvalue weighted by Gasteiger charge is -2.41. The quantitative estimate of drug-likeness (QED) is 0.817. The summed E-state index contributed by atoms with van der Waals surface area (Å²) in [7, 11) is 0. The highest BCUT2D eigenvalue weighted by Gasteiger charge is 2.32. The molecule has 1 aliphatic carbocycles. The maximum atomic E-state index is 6.42. The summed E-state index contributed by atoms with van der Waals surface area (Å²) in [4.78, 5) is 2.62. The van der Waals surface area contributed by atoms with Crippen LogP contribution in [0.3, 0.4) is 0 Å². The van der Waals surface area contributed by atoms with E-state index in [9.17, 15) is 0 Å². The lowest BCUT2D eigenvalue weighted by atomic mass is 9.73. The summed E-state index contributed by atoms with van der Waals surface area (Å²) in [6.07, 6.45) is 7.98. The van der Waals surface area contributed by atoms with Crippen molar-refractivity contribution in [2.45, 2.75) is 71.4 Å². The summed E-state index contributed by atoms with van der Waals surface area (Å²) in [6.45, 7) is 11.4. The minimum absolute atomic E-state index is 0.414. The molecule has 1 heterocycles. The van der Waals surface area contributed by atoms with Crippen LogP contribution in [-0.2, 0) is 4.74 Å². The zero-order chi connectivity index (χ0) is 15.2. The van der Waals surface area contributed by atoms with Gasteiger partial charge in [0.1, 0.15) is 0 Å². The third-order valence-corrected chi connectivity index (χ3v) is 5.54. The van der Waals surface area contributed by atoms with Crippen LogP contribution >= 0.6 is 0 Å². The van der Waals surface area contributed by atoms with Crippen molar-refractivity contribution in [3.05, 3.63) is 0 Å². The minimum atomic E-state index is 0.414. The van der Waals surface area contributed by atoms with Crippen molar-refractivity contribution >= 4 is 0 Å². The van der Waals surface area contributed by atoms with Crippen LogP contribution in [0.25, 0.3) is 0 Å². The van der Waals surface area contributed by atoms with Crippen LogP contribution in [0.1, 0.15) is 59.3 Å². The molecule has 0 amide bonds. The molecular weight excluding hydrogens is 260 g/mol. The van der Waals surface area contributed by atoms with Crippen LogP contribution in [0.4, 0.5) is 0 Å². The molecule has 0 radical (unpaired) electrons. The number of nitrogens with two attached hydrogens (primary N) is 1. The van der Waals surface area contributed by atoms with E-state index >= 15 is 0 Å². The third-order valence-electron chi connectivity index (χ3n) is 5.54. The van der Waals surface area contributed by atoms with Crippen LogP contribution in [0.2, 0.25) is 0 Å². The molecule has 2 fully saturated rings. The molecule has 2 aliphatic rings. The fourth-order valence-electron chi connectivity index (χ4n) is 4.07. The number of likely N-dealkylation sites (tertiary alicyclic amines) is 1. The molecule has 2 N–H and O–H groups in total. The van der Waals surface area contributed by atoms with E-state index in [-0.39, 0.29) is 0 Å². The molecule has 124 valence electrons. The predicted molar refractivity (Wildman–Crippen MR) is 89.3 cm³/mol. The number of nitrogens with zero attached hydrogens (tertiary/aromatic N) is 1. The summed E-state index contributed by atoms with van der Waals surface area (Å²) < 4.78 is 5.96. The highest BCUT2D eigenvalue weighted by molar-refractivity contribution is 4.87. The first-order valence-electron chi connectivity index (χ1n) is 9.19. The van der Waals surface area contributed by atoms with Gasteiger partial charge in [0.05, 0.1) is 6.10 Å². The number of ether oxygens (including phenoxy) is 1. The Balaban J connectivity index is 1.81. The predicted octanol–water partition coefficient (Wildman–Crippen LogP) is 3.28. The smallest absolute Gasteiger partial charge is 0.0702 e. The van der Waals surface area contributed by atoms with Gasteiger partial charge in [-0.1, -0.05) is 20.8 Å². The molecule has 3 heteroatoms. The van der Waals surface area contributed by atoms with Gasteiger partial charge in [0, 0.05) is 25.7 Å². The summed E-state index contributed by atoms with van der Waals surface area (Å²) in [6, 6.07) is 0.414. The third kappa shape index (κ3) is 5.22. The summed E-state index contributed by atoms with van der Waals surface area (Å²) in [5, 5.41) is 0. The van der Waals surface area contributed by atoms with E-state index in [1.54, 1.807) is 0 Å². The molecule has 0 bridgehead atoms.